The first-order chi connectivity index (χ1) is 8.69. The minimum absolute atomic E-state index is 0.795. The zero-order valence-electron chi connectivity index (χ0n) is 12.6. The molecule has 1 aliphatic heterocycles. The summed E-state index contributed by atoms with van der Waals surface area (Å²) in [4.78, 5) is 2.63. The van der Waals surface area contributed by atoms with Crippen LogP contribution in [-0.4, -0.2) is 36.6 Å². The first kappa shape index (κ1) is 14.3. The molecule has 1 heterocycles. The lowest BCUT2D eigenvalue weighted by Gasteiger charge is -2.38. The van der Waals surface area contributed by atoms with Crippen LogP contribution in [0.2, 0.25) is 0 Å². The van der Waals surface area contributed by atoms with E-state index >= 15 is 0 Å². The fourth-order valence-corrected chi connectivity index (χ4v) is 3.67. The van der Waals surface area contributed by atoms with Crippen molar-refractivity contribution in [1.82, 2.24) is 10.2 Å². The van der Waals surface area contributed by atoms with E-state index in [2.05, 4.69) is 31.0 Å². The van der Waals surface area contributed by atoms with Crippen LogP contribution in [0.1, 0.15) is 59.3 Å². The molecule has 0 aromatic rings. The van der Waals surface area contributed by atoms with E-state index in [9.17, 15) is 0 Å². The van der Waals surface area contributed by atoms with Gasteiger partial charge in [0.05, 0.1) is 0 Å². The number of nitrogens with one attached hydrogen (secondary N) is 1. The Labute approximate surface area is 114 Å². The fourth-order valence-electron chi connectivity index (χ4n) is 3.67. The predicted octanol–water partition coefficient (Wildman–Crippen LogP) is 3.28. The zero-order valence-corrected chi connectivity index (χ0v) is 12.6. The minimum Gasteiger partial charge on any atom is -0.311 e. The summed E-state index contributed by atoms with van der Waals surface area (Å²) in [5.74, 6) is 1.85. The van der Waals surface area contributed by atoms with Gasteiger partial charge in [-0.1, -0.05) is 20.8 Å². The molecule has 106 valence electrons. The van der Waals surface area contributed by atoms with Gasteiger partial charge in [-0.05, 0) is 70.0 Å². The topological polar surface area (TPSA) is 15.3 Å². The van der Waals surface area contributed by atoms with Gasteiger partial charge < -0.3 is 10.2 Å². The third kappa shape index (κ3) is 3.96. The van der Waals surface area contributed by atoms with E-state index in [1.54, 1.807) is 0 Å². The van der Waals surface area contributed by atoms with Crippen molar-refractivity contribution in [1.29, 1.82) is 0 Å². The second-order valence-corrected chi connectivity index (χ2v) is 6.75. The molecule has 1 aliphatic carbocycles. The van der Waals surface area contributed by atoms with Gasteiger partial charge in [0.2, 0.25) is 0 Å². The number of nitrogens with zero attached hydrogens (tertiary/aromatic N) is 1. The van der Waals surface area contributed by atoms with Crippen molar-refractivity contribution in [2.75, 3.05) is 19.6 Å². The first-order valence-electron chi connectivity index (χ1n) is 8.17. The zero-order chi connectivity index (χ0) is 13.0. The Morgan fingerprint density at radius 1 is 0.944 bits per heavy atom. The first-order valence-corrected chi connectivity index (χ1v) is 8.17. The third-order valence-electron chi connectivity index (χ3n) is 5.20. The van der Waals surface area contributed by atoms with Crippen LogP contribution in [0.15, 0.2) is 0 Å². The molecular formula is C16H32N2. The molecular weight excluding hydrogens is 220 g/mol. The van der Waals surface area contributed by atoms with Gasteiger partial charge in [0.1, 0.15) is 0 Å². The standard InChI is InChI=1S/C16H32N2/c1-4-9-18-10-7-15(8-11-18)17-16-6-5-13(2)14(3)12-16/h13-17H,4-12H2,1-3H3. The van der Waals surface area contributed by atoms with Crippen LogP contribution in [0.5, 0.6) is 0 Å². The number of hydrogen-bond donors (Lipinski definition) is 1. The molecule has 18 heavy (non-hydrogen) atoms. The van der Waals surface area contributed by atoms with Crippen molar-refractivity contribution < 1.29 is 0 Å². The van der Waals surface area contributed by atoms with Crippen molar-refractivity contribution in [3.05, 3.63) is 0 Å². The molecule has 3 unspecified atom stereocenters. The Bertz CT molecular complexity index is 233. The van der Waals surface area contributed by atoms with Crippen molar-refractivity contribution >= 4 is 0 Å². The monoisotopic (exact) mass is 252 g/mol. The Hall–Kier alpha value is -0.0800. The van der Waals surface area contributed by atoms with Gasteiger partial charge in [-0.3, -0.25) is 0 Å². The number of hydrogen-bond acceptors (Lipinski definition) is 2. The smallest absolute Gasteiger partial charge is 0.00940 e. The van der Waals surface area contributed by atoms with Gasteiger partial charge in [0.15, 0.2) is 0 Å². The molecule has 3 atom stereocenters. The third-order valence-corrected chi connectivity index (χ3v) is 5.20. The van der Waals surface area contributed by atoms with E-state index in [1.165, 1.54) is 58.2 Å². The van der Waals surface area contributed by atoms with Crippen molar-refractivity contribution in [3.63, 3.8) is 0 Å². The highest BCUT2D eigenvalue weighted by molar-refractivity contribution is 4.85. The number of likely N-dealkylation sites (tertiary alicyclic amines) is 1. The Morgan fingerprint density at radius 3 is 2.28 bits per heavy atom. The molecule has 2 fully saturated rings. The van der Waals surface area contributed by atoms with Crippen molar-refractivity contribution in [2.24, 2.45) is 11.8 Å². The lowest BCUT2D eigenvalue weighted by Crippen LogP contribution is -2.48. The molecule has 2 aliphatic rings. The van der Waals surface area contributed by atoms with E-state index in [4.69, 9.17) is 0 Å². The Kier molecular flexibility index (Phi) is 5.50. The van der Waals surface area contributed by atoms with Crippen molar-refractivity contribution in [3.8, 4) is 0 Å². The maximum Gasteiger partial charge on any atom is 0.00940 e. The average Bonchev–Trinajstić information content (AvgIpc) is 2.37. The summed E-state index contributed by atoms with van der Waals surface area (Å²) < 4.78 is 0. The second-order valence-electron chi connectivity index (χ2n) is 6.75. The van der Waals surface area contributed by atoms with Gasteiger partial charge in [-0.2, -0.15) is 0 Å². The van der Waals surface area contributed by atoms with E-state index in [-0.39, 0.29) is 0 Å². The Balaban J connectivity index is 1.68. The van der Waals surface area contributed by atoms with Crippen LogP contribution >= 0.6 is 0 Å². The summed E-state index contributed by atoms with van der Waals surface area (Å²) in [6, 6.07) is 1.60. The highest BCUT2D eigenvalue weighted by Crippen LogP contribution is 2.30. The van der Waals surface area contributed by atoms with Crippen LogP contribution in [0, 0.1) is 11.8 Å². The maximum atomic E-state index is 3.94. The molecule has 2 heteroatoms. The van der Waals surface area contributed by atoms with Gasteiger partial charge in [-0.15, -0.1) is 0 Å². The van der Waals surface area contributed by atoms with Gasteiger partial charge in [-0.25, -0.2) is 0 Å². The van der Waals surface area contributed by atoms with Crippen LogP contribution in [-0.2, 0) is 0 Å². The molecule has 0 radical (unpaired) electrons. The number of piperidine rings is 1. The molecule has 1 saturated heterocycles. The minimum atomic E-state index is 0.795. The van der Waals surface area contributed by atoms with Gasteiger partial charge in [0.25, 0.3) is 0 Å². The Morgan fingerprint density at radius 2 is 1.67 bits per heavy atom. The quantitative estimate of drug-likeness (QED) is 0.826. The summed E-state index contributed by atoms with van der Waals surface area (Å²) in [6.07, 6.45) is 8.25. The lowest BCUT2D eigenvalue weighted by molar-refractivity contribution is 0.165. The molecule has 0 amide bonds. The lowest BCUT2D eigenvalue weighted by atomic mass is 9.79. The summed E-state index contributed by atoms with van der Waals surface area (Å²) in [6.45, 7) is 11.1. The largest absolute Gasteiger partial charge is 0.311 e. The predicted molar refractivity (Wildman–Crippen MR) is 78.9 cm³/mol. The summed E-state index contributed by atoms with van der Waals surface area (Å²) in [7, 11) is 0. The molecule has 2 nitrogen and oxygen atoms in total. The van der Waals surface area contributed by atoms with Crippen LogP contribution in [0.4, 0.5) is 0 Å². The average molecular weight is 252 g/mol. The van der Waals surface area contributed by atoms with E-state index in [0.717, 1.165) is 23.9 Å². The molecule has 0 bridgehead atoms. The van der Waals surface area contributed by atoms with Gasteiger partial charge in [0, 0.05) is 12.1 Å². The fraction of sp³-hybridized carbons (Fsp3) is 1.00. The van der Waals surface area contributed by atoms with Gasteiger partial charge >= 0.3 is 0 Å². The van der Waals surface area contributed by atoms with E-state index in [0.29, 0.717) is 0 Å². The summed E-state index contributed by atoms with van der Waals surface area (Å²) in [5, 5.41) is 3.94. The normalized spacial score (nSPS) is 35.8. The van der Waals surface area contributed by atoms with Crippen LogP contribution < -0.4 is 5.32 Å². The van der Waals surface area contributed by atoms with Crippen LogP contribution in [0.3, 0.4) is 0 Å². The molecule has 2 rings (SSSR count). The maximum absolute atomic E-state index is 3.94. The highest BCUT2D eigenvalue weighted by Gasteiger charge is 2.27. The van der Waals surface area contributed by atoms with Crippen molar-refractivity contribution in [2.45, 2.75) is 71.4 Å². The SMILES string of the molecule is CCCN1CCC(NC2CCC(C)C(C)C2)CC1. The molecule has 0 aromatic carbocycles. The molecule has 1 N–H and O–H groups in total. The highest BCUT2D eigenvalue weighted by atomic mass is 15.1. The number of rotatable bonds is 4. The molecule has 1 saturated carbocycles. The summed E-state index contributed by atoms with van der Waals surface area (Å²) >= 11 is 0. The second kappa shape index (κ2) is 6.91. The van der Waals surface area contributed by atoms with E-state index < -0.39 is 0 Å². The van der Waals surface area contributed by atoms with E-state index in [1.807, 2.05) is 0 Å². The summed E-state index contributed by atoms with van der Waals surface area (Å²) in [5.41, 5.74) is 0. The molecule has 0 spiro atoms. The molecule has 0 aromatic heterocycles. The van der Waals surface area contributed by atoms with Crippen LogP contribution in [0.25, 0.3) is 0 Å².